The van der Waals surface area contributed by atoms with Crippen molar-refractivity contribution in [2.24, 2.45) is 10.9 Å². The Hall–Kier alpha value is 0.310. The van der Waals surface area contributed by atoms with Crippen LogP contribution in [0.2, 0.25) is 0 Å². The molecule has 1 aliphatic heterocycles. The van der Waals surface area contributed by atoms with E-state index in [4.69, 9.17) is 4.74 Å². The molecule has 0 unspecified atom stereocenters. The fraction of sp³-hybridized carbons (Fsp3) is 0.933. The van der Waals surface area contributed by atoms with Crippen LogP contribution in [0.4, 0.5) is 0 Å². The second-order valence-electron chi connectivity index (χ2n) is 5.89. The summed E-state index contributed by atoms with van der Waals surface area (Å²) in [5.74, 6) is 1.70. The maximum atomic E-state index is 5.47. The molecule has 0 amide bonds. The second-order valence-corrected chi connectivity index (χ2v) is 7.16. The molecule has 4 nitrogen and oxygen atoms in total. The van der Waals surface area contributed by atoms with E-state index >= 15 is 0 Å². The first kappa shape index (κ1) is 21.3. The molecule has 0 bridgehead atoms. The van der Waals surface area contributed by atoms with Crippen molar-refractivity contribution in [2.75, 3.05) is 39.6 Å². The molecular weight excluding hydrogens is 397 g/mol. The first-order valence-corrected chi connectivity index (χ1v) is 8.92. The van der Waals surface area contributed by atoms with Crippen molar-refractivity contribution in [2.45, 2.75) is 44.3 Å². The fourth-order valence-corrected chi connectivity index (χ4v) is 3.17. The first-order chi connectivity index (χ1) is 9.62. The normalized spacial score (nSPS) is 18.2. The van der Waals surface area contributed by atoms with Crippen molar-refractivity contribution < 1.29 is 4.74 Å². The molecule has 0 spiro atoms. The Morgan fingerprint density at radius 3 is 2.48 bits per heavy atom. The van der Waals surface area contributed by atoms with Crippen LogP contribution in [0.25, 0.3) is 0 Å². The Bertz CT molecular complexity index is 295. The van der Waals surface area contributed by atoms with Crippen LogP contribution >= 0.6 is 35.7 Å². The van der Waals surface area contributed by atoms with Crippen LogP contribution in [0.15, 0.2) is 4.99 Å². The minimum absolute atomic E-state index is 0. The van der Waals surface area contributed by atoms with Gasteiger partial charge in [0.15, 0.2) is 5.96 Å². The van der Waals surface area contributed by atoms with Crippen LogP contribution in [-0.2, 0) is 4.74 Å². The molecule has 2 N–H and O–H groups in total. The molecule has 1 fully saturated rings. The number of aliphatic imine (C=N–C) groups is 1. The summed E-state index contributed by atoms with van der Waals surface area (Å²) < 4.78 is 5.77. The zero-order chi connectivity index (χ0) is 14.8. The van der Waals surface area contributed by atoms with Crippen LogP contribution in [0.5, 0.6) is 0 Å². The molecule has 1 heterocycles. The van der Waals surface area contributed by atoms with Gasteiger partial charge < -0.3 is 15.4 Å². The second kappa shape index (κ2) is 11.8. The third-order valence-electron chi connectivity index (χ3n) is 3.89. The van der Waals surface area contributed by atoms with E-state index in [-0.39, 0.29) is 24.0 Å². The molecule has 0 aromatic rings. The standard InChI is InChI=1S/C15H31N3OS.HI/c1-13(2)6-5-9-17-14(16-3)18-12-15(20-4)7-10-19-11-8-15;/h13H,5-12H2,1-4H3,(H2,16,17,18);1H. The highest BCUT2D eigenvalue weighted by Gasteiger charge is 2.31. The maximum absolute atomic E-state index is 5.47. The Labute approximate surface area is 151 Å². The van der Waals surface area contributed by atoms with E-state index in [1.54, 1.807) is 0 Å². The van der Waals surface area contributed by atoms with Gasteiger partial charge in [0.05, 0.1) is 0 Å². The van der Waals surface area contributed by atoms with Gasteiger partial charge in [-0.15, -0.1) is 24.0 Å². The number of nitrogens with zero attached hydrogens (tertiary/aromatic N) is 1. The highest BCUT2D eigenvalue weighted by atomic mass is 127. The van der Waals surface area contributed by atoms with Crippen molar-refractivity contribution in [3.63, 3.8) is 0 Å². The SMILES string of the molecule is CN=C(NCCCC(C)C)NCC1(SC)CCOCC1.I. The Kier molecular flexibility index (Phi) is 12.0. The highest BCUT2D eigenvalue weighted by Crippen LogP contribution is 2.32. The van der Waals surface area contributed by atoms with Gasteiger partial charge in [-0.05, 0) is 37.9 Å². The van der Waals surface area contributed by atoms with Crippen LogP contribution in [0.1, 0.15) is 39.5 Å². The summed E-state index contributed by atoms with van der Waals surface area (Å²) in [6.07, 6.45) is 6.89. The van der Waals surface area contributed by atoms with Gasteiger partial charge in [-0.1, -0.05) is 13.8 Å². The molecule has 126 valence electrons. The van der Waals surface area contributed by atoms with Crippen molar-refractivity contribution in [3.05, 3.63) is 0 Å². The molecule has 0 aromatic heterocycles. The van der Waals surface area contributed by atoms with Crippen LogP contribution in [-0.4, -0.2) is 50.3 Å². The summed E-state index contributed by atoms with van der Waals surface area (Å²) in [6.45, 7) is 8.24. The minimum Gasteiger partial charge on any atom is -0.381 e. The summed E-state index contributed by atoms with van der Waals surface area (Å²) in [7, 11) is 1.84. The van der Waals surface area contributed by atoms with Gasteiger partial charge in [-0.25, -0.2) is 0 Å². The molecule has 1 rings (SSSR count). The van der Waals surface area contributed by atoms with Crippen molar-refractivity contribution >= 4 is 41.7 Å². The third kappa shape index (κ3) is 8.50. The average Bonchev–Trinajstić information content (AvgIpc) is 2.47. The third-order valence-corrected chi connectivity index (χ3v) is 5.31. The largest absolute Gasteiger partial charge is 0.381 e. The lowest BCUT2D eigenvalue weighted by atomic mass is 9.99. The molecular formula is C15H32IN3OS. The predicted octanol–water partition coefficient (Wildman–Crippen LogP) is 3.12. The zero-order valence-electron chi connectivity index (χ0n) is 13.9. The number of ether oxygens (including phenoxy) is 1. The van der Waals surface area contributed by atoms with E-state index in [2.05, 4.69) is 35.7 Å². The number of hydrogen-bond donors (Lipinski definition) is 2. The van der Waals surface area contributed by atoms with Gasteiger partial charge in [-0.3, -0.25) is 4.99 Å². The van der Waals surface area contributed by atoms with Gasteiger partial charge in [0.25, 0.3) is 0 Å². The number of nitrogens with one attached hydrogen (secondary N) is 2. The lowest BCUT2D eigenvalue weighted by Crippen LogP contribution is -2.48. The summed E-state index contributed by atoms with van der Waals surface area (Å²) in [5.41, 5.74) is 0. The molecule has 0 aromatic carbocycles. The topological polar surface area (TPSA) is 45.7 Å². The van der Waals surface area contributed by atoms with Gasteiger partial charge in [0.2, 0.25) is 0 Å². The number of thioether (sulfide) groups is 1. The summed E-state index contributed by atoms with van der Waals surface area (Å²) >= 11 is 1.95. The maximum Gasteiger partial charge on any atom is 0.191 e. The van der Waals surface area contributed by atoms with Crippen LogP contribution < -0.4 is 10.6 Å². The van der Waals surface area contributed by atoms with E-state index in [9.17, 15) is 0 Å². The Morgan fingerprint density at radius 1 is 1.29 bits per heavy atom. The van der Waals surface area contributed by atoms with Crippen molar-refractivity contribution in [3.8, 4) is 0 Å². The lowest BCUT2D eigenvalue weighted by Gasteiger charge is -2.36. The number of guanidine groups is 1. The molecule has 0 atom stereocenters. The minimum atomic E-state index is 0. The first-order valence-electron chi connectivity index (χ1n) is 7.69. The smallest absolute Gasteiger partial charge is 0.191 e. The number of rotatable bonds is 7. The molecule has 21 heavy (non-hydrogen) atoms. The van der Waals surface area contributed by atoms with Gasteiger partial charge >= 0.3 is 0 Å². The average molecular weight is 429 g/mol. The van der Waals surface area contributed by atoms with Crippen molar-refractivity contribution in [1.29, 1.82) is 0 Å². The number of halogens is 1. The molecule has 0 aliphatic carbocycles. The summed E-state index contributed by atoms with van der Waals surface area (Å²) in [6, 6.07) is 0. The van der Waals surface area contributed by atoms with Crippen molar-refractivity contribution in [1.82, 2.24) is 10.6 Å². The molecule has 0 saturated carbocycles. The van der Waals surface area contributed by atoms with Crippen LogP contribution in [0, 0.1) is 5.92 Å². The lowest BCUT2D eigenvalue weighted by molar-refractivity contribution is 0.0783. The molecule has 1 saturated heterocycles. The summed E-state index contributed by atoms with van der Waals surface area (Å²) in [5, 5.41) is 6.89. The monoisotopic (exact) mass is 429 g/mol. The van der Waals surface area contributed by atoms with E-state index in [1.165, 1.54) is 12.8 Å². The van der Waals surface area contributed by atoms with Gasteiger partial charge in [0, 0.05) is 38.1 Å². The van der Waals surface area contributed by atoms with E-state index in [1.807, 2.05) is 18.8 Å². The Balaban J connectivity index is 0.00000400. The summed E-state index contributed by atoms with van der Waals surface area (Å²) in [4.78, 5) is 4.31. The number of hydrogen-bond acceptors (Lipinski definition) is 3. The molecule has 1 aliphatic rings. The van der Waals surface area contributed by atoms with Gasteiger partial charge in [0.1, 0.15) is 0 Å². The van der Waals surface area contributed by atoms with Gasteiger partial charge in [-0.2, -0.15) is 11.8 Å². The highest BCUT2D eigenvalue weighted by molar-refractivity contribution is 14.0. The van der Waals surface area contributed by atoms with E-state index in [0.717, 1.165) is 51.0 Å². The fourth-order valence-electron chi connectivity index (χ4n) is 2.38. The van der Waals surface area contributed by atoms with E-state index in [0.29, 0.717) is 4.75 Å². The zero-order valence-corrected chi connectivity index (χ0v) is 17.1. The molecule has 0 radical (unpaired) electrons. The van der Waals surface area contributed by atoms with E-state index < -0.39 is 0 Å². The molecule has 6 heteroatoms. The Morgan fingerprint density at radius 2 is 1.95 bits per heavy atom. The van der Waals surface area contributed by atoms with Crippen LogP contribution in [0.3, 0.4) is 0 Å². The predicted molar refractivity (Wildman–Crippen MR) is 105 cm³/mol. The quantitative estimate of drug-likeness (QED) is 0.283.